The van der Waals surface area contributed by atoms with Crippen LogP contribution in [-0.4, -0.2) is 62.0 Å². The molecule has 5 rings (SSSR count). The Morgan fingerprint density at radius 1 is 1.26 bits per heavy atom. The molecule has 0 radical (unpaired) electrons. The number of methoxy groups -OCH3 is 1. The minimum Gasteiger partial charge on any atom is -0.493 e. The molecule has 1 atom stereocenters. The van der Waals surface area contributed by atoms with Gasteiger partial charge < -0.3 is 14.6 Å². The highest BCUT2D eigenvalue weighted by Gasteiger charge is 2.30. The van der Waals surface area contributed by atoms with Crippen LogP contribution in [0.5, 0.6) is 5.75 Å². The zero-order chi connectivity index (χ0) is 24.7. The van der Waals surface area contributed by atoms with Crippen molar-refractivity contribution in [3.63, 3.8) is 0 Å². The van der Waals surface area contributed by atoms with E-state index < -0.39 is 12.6 Å². The summed E-state index contributed by atoms with van der Waals surface area (Å²) in [6.45, 7) is 3.03. The van der Waals surface area contributed by atoms with Crippen molar-refractivity contribution in [3.8, 4) is 16.9 Å². The Hall–Kier alpha value is -3.34. The van der Waals surface area contributed by atoms with Gasteiger partial charge in [0.2, 0.25) is 0 Å². The molecule has 3 aromatic heterocycles. The van der Waals surface area contributed by atoms with E-state index in [1.54, 1.807) is 16.2 Å². The first kappa shape index (κ1) is 23.4. The Balaban J connectivity index is 1.53. The number of aryl methyl sites for hydroxylation is 1. The lowest BCUT2D eigenvalue weighted by Gasteiger charge is -2.33. The second-order valence-corrected chi connectivity index (χ2v) is 8.97. The minimum atomic E-state index is -4.19. The largest absolute Gasteiger partial charge is 0.493 e. The third-order valence-electron chi connectivity index (χ3n) is 6.75. The number of rotatable bonds is 6. The third kappa shape index (κ3) is 4.52. The average Bonchev–Trinajstić information content (AvgIpc) is 3.44. The highest BCUT2D eigenvalue weighted by Crippen LogP contribution is 2.33. The van der Waals surface area contributed by atoms with Crippen molar-refractivity contribution in [2.75, 3.05) is 26.7 Å². The number of likely N-dealkylation sites (tertiary alicyclic amines) is 1. The average molecular weight is 489 g/mol. The molecule has 1 aliphatic heterocycles. The van der Waals surface area contributed by atoms with Crippen molar-refractivity contribution in [1.82, 2.24) is 29.0 Å². The Bertz CT molecular complexity index is 1420. The van der Waals surface area contributed by atoms with Crippen LogP contribution in [0.1, 0.15) is 37.8 Å². The van der Waals surface area contributed by atoms with Gasteiger partial charge in [-0.25, -0.2) is 14.3 Å². The van der Waals surface area contributed by atoms with E-state index in [0.29, 0.717) is 30.0 Å². The van der Waals surface area contributed by atoms with Crippen LogP contribution >= 0.6 is 0 Å². The summed E-state index contributed by atoms with van der Waals surface area (Å²) in [5.74, 6) is 0.592. The Morgan fingerprint density at radius 3 is 2.83 bits per heavy atom. The number of alkyl halides is 3. The second kappa shape index (κ2) is 9.03. The van der Waals surface area contributed by atoms with E-state index >= 15 is 0 Å². The van der Waals surface area contributed by atoms with Gasteiger partial charge in [0.1, 0.15) is 6.33 Å². The van der Waals surface area contributed by atoms with Crippen molar-refractivity contribution in [2.45, 2.75) is 44.8 Å². The van der Waals surface area contributed by atoms with E-state index in [2.05, 4.69) is 15.1 Å². The van der Waals surface area contributed by atoms with Crippen LogP contribution in [0.3, 0.4) is 0 Å². The molecule has 4 aromatic rings. The number of fused-ring (bicyclic) bond motifs is 2. The molecule has 1 saturated heterocycles. The Labute approximate surface area is 199 Å². The fourth-order valence-corrected chi connectivity index (χ4v) is 5.06. The predicted octanol–water partition coefficient (Wildman–Crippen LogP) is 4.20. The highest BCUT2D eigenvalue weighted by atomic mass is 19.4. The lowest BCUT2D eigenvalue weighted by molar-refractivity contribution is -0.138. The SMILES string of the molecule is CCc1cc2c(cc1-c1cc(OC)c3ncnn3c1)[nH]c(=O)n2C1CCCN(CCC(F)(F)F)C1. The van der Waals surface area contributed by atoms with Crippen LogP contribution in [0.25, 0.3) is 27.8 Å². The molecule has 1 N–H and O–H groups in total. The fourth-order valence-electron chi connectivity index (χ4n) is 5.06. The van der Waals surface area contributed by atoms with Crippen LogP contribution < -0.4 is 10.4 Å². The zero-order valence-corrected chi connectivity index (χ0v) is 19.6. The maximum Gasteiger partial charge on any atom is 0.390 e. The third-order valence-corrected chi connectivity index (χ3v) is 6.75. The van der Waals surface area contributed by atoms with Gasteiger partial charge >= 0.3 is 11.9 Å². The van der Waals surface area contributed by atoms with Crippen LogP contribution in [0.15, 0.2) is 35.5 Å². The number of ether oxygens (including phenoxy) is 1. The summed E-state index contributed by atoms with van der Waals surface area (Å²) in [5.41, 5.74) is 4.69. The number of nitrogens with one attached hydrogen (secondary N) is 1. The van der Waals surface area contributed by atoms with Gasteiger partial charge in [-0.05, 0) is 55.1 Å². The van der Waals surface area contributed by atoms with E-state index in [9.17, 15) is 18.0 Å². The molecule has 0 bridgehead atoms. The molecule has 186 valence electrons. The maximum atomic E-state index is 13.0. The molecule has 0 spiro atoms. The van der Waals surface area contributed by atoms with E-state index in [0.717, 1.165) is 41.5 Å². The van der Waals surface area contributed by atoms with Crippen molar-refractivity contribution >= 4 is 16.7 Å². The van der Waals surface area contributed by atoms with Gasteiger partial charge in [-0.2, -0.15) is 18.3 Å². The molecular weight excluding hydrogens is 461 g/mol. The number of nitrogens with zero attached hydrogens (tertiary/aromatic N) is 5. The molecule has 35 heavy (non-hydrogen) atoms. The summed E-state index contributed by atoms with van der Waals surface area (Å²) in [6, 6.07) is 5.68. The first-order valence-corrected chi connectivity index (χ1v) is 11.7. The summed E-state index contributed by atoms with van der Waals surface area (Å²) in [6.07, 6.45) is 0.535. The molecule has 1 aliphatic rings. The molecule has 4 heterocycles. The number of imidazole rings is 1. The molecule has 1 unspecified atom stereocenters. The van der Waals surface area contributed by atoms with Crippen LogP contribution in [0.2, 0.25) is 0 Å². The van der Waals surface area contributed by atoms with Gasteiger partial charge in [-0.15, -0.1) is 0 Å². The molecule has 0 aliphatic carbocycles. The molecule has 8 nitrogen and oxygen atoms in total. The minimum absolute atomic E-state index is 0.0476. The number of halogens is 3. The standard InChI is InChI=1S/C24H27F3N6O2/c1-3-15-9-20-19(11-18(15)16-10-21(35-2)22-28-14-29-32(22)12-16)30-23(34)33(20)17-5-4-7-31(13-17)8-6-24(25,26)27/h9-12,14,17H,3-8,13H2,1-2H3,(H,30,34). The summed E-state index contributed by atoms with van der Waals surface area (Å²) in [4.78, 5) is 22.0. The van der Waals surface area contributed by atoms with Crippen LogP contribution in [0.4, 0.5) is 13.2 Å². The van der Waals surface area contributed by atoms with Gasteiger partial charge in [0.15, 0.2) is 11.4 Å². The number of hydrogen-bond acceptors (Lipinski definition) is 5. The number of hydrogen-bond donors (Lipinski definition) is 1. The van der Waals surface area contributed by atoms with Crippen LogP contribution in [-0.2, 0) is 6.42 Å². The number of aromatic nitrogens is 5. The van der Waals surface area contributed by atoms with Gasteiger partial charge in [0.05, 0.1) is 30.6 Å². The van der Waals surface area contributed by atoms with Crippen molar-refractivity contribution in [2.24, 2.45) is 0 Å². The van der Waals surface area contributed by atoms with Crippen molar-refractivity contribution < 1.29 is 17.9 Å². The van der Waals surface area contributed by atoms with E-state index in [4.69, 9.17) is 4.74 Å². The topological polar surface area (TPSA) is 80.5 Å². The fraction of sp³-hybridized carbons (Fsp3) is 0.458. The van der Waals surface area contributed by atoms with Gasteiger partial charge in [0, 0.05) is 24.8 Å². The number of H-pyrrole nitrogens is 1. The number of piperidine rings is 1. The second-order valence-electron chi connectivity index (χ2n) is 8.97. The Morgan fingerprint density at radius 2 is 2.09 bits per heavy atom. The Kier molecular flexibility index (Phi) is 6.04. The van der Waals surface area contributed by atoms with E-state index in [1.807, 2.05) is 36.2 Å². The van der Waals surface area contributed by atoms with Gasteiger partial charge in [-0.3, -0.25) is 4.57 Å². The summed E-state index contributed by atoms with van der Waals surface area (Å²) in [7, 11) is 1.58. The summed E-state index contributed by atoms with van der Waals surface area (Å²) < 4.78 is 47.1. The van der Waals surface area contributed by atoms with Crippen LogP contribution in [0, 0.1) is 0 Å². The van der Waals surface area contributed by atoms with Gasteiger partial charge in [0.25, 0.3) is 0 Å². The highest BCUT2D eigenvalue weighted by molar-refractivity contribution is 5.85. The summed E-state index contributed by atoms with van der Waals surface area (Å²) in [5, 5.41) is 4.24. The molecule has 1 aromatic carbocycles. The van der Waals surface area contributed by atoms with Crippen molar-refractivity contribution in [3.05, 3.63) is 46.8 Å². The van der Waals surface area contributed by atoms with Gasteiger partial charge in [-0.1, -0.05) is 6.92 Å². The monoisotopic (exact) mass is 488 g/mol. The number of aromatic amines is 1. The maximum absolute atomic E-state index is 13.0. The molecule has 0 amide bonds. The van der Waals surface area contributed by atoms with E-state index in [1.165, 1.54) is 6.33 Å². The zero-order valence-electron chi connectivity index (χ0n) is 19.6. The predicted molar refractivity (Wildman–Crippen MR) is 126 cm³/mol. The summed E-state index contributed by atoms with van der Waals surface area (Å²) >= 11 is 0. The number of benzene rings is 1. The normalized spacial score (nSPS) is 17.5. The smallest absolute Gasteiger partial charge is 0.390 e. The number of pyridine rings is 1. The first-order valence-electron chi connectivity index (χ1n) is 11.7. The lowest BCUT2D eigenvalue weighted by atomic mass is 9.97. The lowest BCUT2D eigenvalue weighted by Crippen LogP contribution is -2.40. The molecule has 0 saturated carbocycles. The van der Waals surface area contributed by atoms with E-state index in [-0.39, 0.29) is 18.3 Å². The molecular formula is C24H27F3N6O2. The molecule has 1 fully saturated rings. The molecule has 11 heteroatoms. The first-order chi connectivity index (χ1) is 16.8. The van der Waals surface area contributed by atoms with Crippen molar-refractivity contribution in [1.29, 1.82) is 0 Å². The quantitative estimate of drug-likeness (QED) is 0.440.